The number of hydrogen-bond donors (Lipinski definition) is 2. The Morgan fingerprint density at radius 1 is 0.559 bits per heavy atom. The van der Waals surface area contributed by atoms with Crippen LogP contribution >= 0.6 is 23.2 Å². The lowest BCUT2D eigenvalue weighted by Crippen LogP contribution is -2.17. The average molecular weight is 487 g/mol. The number of carbonyl (C=O) groups is 2. The second-order valence-corrected chi connectivity index (χ2v) is 8.39. The normalized spacial score (nSPS) is 10.9. The van der Waals surface area contributed by atoms with Crippen molar-refractivity contribution in [3.05, 3.63) is 106 Å². The molecule has 8 heteroatoms. The molecular formula is C26H16Cl2N4O2. The first-order valence-corrected chi connectivity index (χ1v) is 11.1. The number of benzene rings is 4. The number of halogens is 2. The van der Waals surface area contributed by atoms with Crippen LogP contribution in [0.5, 0.6) is 0 Å². The van der Waals surface area contributed by atoms with Crippen molar-refractivity contribution in [1.82, 2.24) is 9.97 Å². The first kappa shape index (κ1) is 21.8. The third-order valence-electron chi connectivity index (χ3n) is 5.19. The van der Waals surface area contributed by atoms with Gasteiger partial charge in [0.1, 0.15) is 0 Å². The molecule has 166 valence electrons. The van der Waals surface area contributed by atoms with Gasteiger partial charge in [-0.2, -0.15) is 0 Å². The van der Waals surface area contributed by atoms with Crippen LogP contribution in [0.1, 0.15) is 20.7 Å². The predicted octanol–water partition coefficient (Wildman–Crippen LogP) is 6.59. The fourth-order valence-electron chi connectivity index (χ4n) is 3.47. The van der Waals surface area contributed by atoms with Crippen molar-refractivity contribution in [3.63, 3.8) is 0 Å². The maximum Gasteiger partial charge on any atom is 0.255 e. The van der Waals surface area contributed by atoms with Crippen molar-refractivity contribution in [1.29, 1.82) is 0 Å². The molecule has 0 radical (unpaired) electrons. The quantitative estimate of drug-likeness (QED) is 0.280. The number of amides is 2. The van der Waals surface area contributed by atoms with Crippen molar-refractivity contribution in [2.45, 2.75) is 0 Å². The third kappa shape index (κ3) is 4.55. The van der Waals surface area contributed by atoms with Crippen molar-refractivity contribution in [2.24, 2.45) is 0 Å². The fraction of sp³-hybridized carbons (Fsp3) is 0. The van der Waals surface area contributed by atoms with Crippen LogP contribution in [0.3, 0.4) is 0 Å². The Balaban J connectivity index is 1.57. The van der Waals surface area contributed by atoms with Gasteiger partial charge in [-0.25, -0.2) is 9.97 Å². The molecule has 5 aromatic rings. The van der Waals surface area contributed by atoms with Gasteiger partial charge in [0, 0.05) is 21.2 Å². The van der Waals surface area contributed by atoms with E-state index in [1.807, 2.05) is 24.3 Å². The topological polar surface area (TPSA) is 84.0 Å². The van der Waals surface area contributed by atoms with Gasteiger partial charge < -0.3 is 10.6 Å². The third-order valence-corrected chi connectivity index (χ3v) is 5.69. The number of rotatable bonds is 4. The Hall–Kier alpha value is -4.00. The minimum absolute atomic E-state index is 0.355. The van der Waals surface area contributed by atoms with E-state index in [1.165, 1.54) is 0 Å². The van der Waals surface area contributed by atoms with E-state index in [2.05, 4.69) is 20.6 Å². The SMILES string of the molecule is O=C(Nc1cc2nc3ccccc3nc2cc1NC(=O)c1ccc(Cl)cc1)c1ccc(Cl)cc1. The van der Waals surface area contributed by atoms with E-state index in [-0.39, 0.29) is 11.8 Å². The molecule has 0 atom stereocenters. The second kappa shape index (κ2) is 9.09. The summed E-state index contributed by atoms with van der Waals surface area (Å²) in [5, 5.41) is 6.79. The second-order valence-electron chi connectivity index (χ2n) is 7.52. The molecule has 0 aliphatic heterocycles. The zero-order chi connectivity index (χ0) is 23.7. The molecule has 1 aromatic heterocycles. The van der Waals surface area contributed by atoms with Gasteiger partial charge in [-0.15, -0.1) is 0 Å². The summed E-state index contributed by atoms with van der Waals surface area (Å²) >= 11 is 11.9. The summed E-state index contributed by atoms with van der Waals surface area (Å²) in [7, 11) is 0. The fourth-order valence-corrected chi connectivity index (χ4v) is 3.72. The van der Waals surface area contributed by atoms with Crippen LogP contribution in [-0.2, 0) is 0 Å². The van der Waals surface area contributed by atoms with Crippen LogP contribution in [0.25, 0.3) is 22.1 Å². The summed E-state index contributed by atoms with van der Waals surface area (Å²) in [6.45, 7) is 0. The van der Waals surface area contributed by atoms with Crippen LogP contribution in [0.15, 0.2) is 84.9 Å². The molecule has 6 nitrogen and oxygen atoms in total. The summed E-state index contributed by atoms with van der Waals surface area (Å²) in [4.78, 5) is 35.1. The van der Waals surface area contributed by atoms with Crippen LogP contribution < -0.4 is 10.6 Å². The van der Waals surface area contributed by atoms with Crippen LogP contribution in [0.2, 0.25) is 10.0 Å². The monoisotopic (exact) mass is 486 g/mol. The molecule has 34 heavy (non-hydrogen) atoms. The Bertz CT molecular complexity index is 1430. The largest absolute Gasteiger partial charge is 0.320 e. The van der Waals surface area contributed by atoms with E-state index in [9.17, 15) is 9.59 Å². The maximum absolute atomic E-state index is 12.9. The summed E-state index contributed by atoms with van der Waals surface area (Å²) < 4.78 is 0. The highest BCUT2D eigenvalue weighted by atomic mass is 35.5. The zero-order valence-corrected chi connectivity index (χ0v) is 19.1. The Morgan fingerprint density at radius 3 is 1.32 bits per heavy atom. The van der Waals surface area contributed by atoms with Gasteiger partial charge in [-0.1, -0.05) is 35.3 Å². The van der Waals surface area contributed by atoms with Crippen molar-refractivity contribution in [2.75, 3.05) is 10.6 Å². The summed E-state index contributed by atoms with van der Waals surface area (Å²) in [6.07, 6.45) is 0. The van der Waals surface area contributed by atoms with E-state index in [0.717, 1.165) is 11.0 Å². The van der Waals surface area contributed by atoms with Crippen LogP contribution in [0.4, 0.5) is 11.4 Å². The number of carbonyl (C=O) groups excluding carboxylic acids is 2. The number of hydrogen-bond acceptors (Lipinski definition) is 4. The zero-order valence-electron chi connectivity index (χ0n) is 17.5. The summed E-state index contributed by atoms with van der Waals surface area (Å²) in [6, 6.07) is 23.9. The van der Waals surface area contributed by atoms with Gasteiger partial charge in [0.05, 0.1) is 33.4 Å². The number of anilines is 2. The molecule has 5 rings (SSSR count). The number of fused-ring (bicyclic) bond motifs is 2. The van der Waals surface area contributed by atoms with Gasteiger partial charge >= 0.3 is 0 Å². The molecule has 0 aliphatic carbocycles. The molecule has 0 aliphatic rings. The predicted molar refractivity (Wildman–Crippen MR) is 136 cm³/mol. The highest BCUT2D eigenvalue weighted by Crippen LogP contribution is 2.29. The molecule has 0 bridgehead atoms. The molecule has 0 fully saturated rings. The standard InChI is InChI=1S/C26H16Cl2N4O2/c27-17-9-5-15(6-10-17)25(33)31-23-13-21-22(30-20-4-2-1-3-19(20)29-21)14-24(23)32-26(34)16-7-11-18(28)12-8-16/h1-14H,(H,31,33)(H,32,34). The van der Waals surface area contributed by atoms with Gasteiger partial charge in [-0.05, 0) is 72.8 Å². The minimum atomic E-state index is -0.355. The molecule has 2 amide bonds. The molecule has 0 spiro atoms. The number of nitrogens with one attached hydrogen (secondary N) is 2. The van der Waals surface area contributed by atoms with Crippen LogP contribution in [0, 0.1) is 0 Å². The Kier molecular flexibility index (Phi) is 5.84. The highest BCUT2D eigenvalue weighted by molar-refractivity contribution is 6.31. The van der Waals surface area contributed by atoms with E-state index in [4.69, 9.17) is 23.2 Å². The molecule has 1 heterocycles. The average Bonchev–Trinajstić information content (AvgIpc) is 2.84. The first-order valence-electron chi connectivity index (χ1n) is 10.3. The van der Waals surface area contributed by atoms with E-state index in [1.54, 1.807) is 60.7 Å². The van der Waals surface area contributed by atoms with E-state index < -0.39 is 0 Å². The lowest BCUT2D eigenvalue weighted by atomic mass is 10.1. The van der Waals surface area contributed by atoms with Crippen molar-refractivity contribution >= 4 is 68.5 Å². The van der Waals surface area contributed by atoms with Crippen molar-refractivity contribution in [3.8, 4) is 0 Å². The first-order chi connectivity index (χ1) is 16.5. The summed E-state index contributed by atoms with van der Waals surface area (Å²) in [5.41, 5.74) is 4.22. The lowest BCUT2D eigenvalue weighted by molar-refractivity contribution is 0.101. The number of para-hydroxylation sites is 2. The lowest BCUT2D eigenvalue weighted by Gasteiger charge is -2.14. The maximum atomic E-state index is 12.9. The van der Waals surface area contributed by atoms with Gasteiger partial charge in [0.15, 0.2) is 0 Å². The molecular weight excluding hydrogens is 471 g/mol. The van der Waals surface area contributed by atoms with E-state index in [0.29, 0.717) is 43.6 Å². The minimum Gasteiger partial charge on any atom is -0.320 e. The van der Waals surface area contributed by atoms with Gasteiger partial charge in [0.25, 0.3) is 11.8 Å². The highest BCUT2D eigenvalue weighted by Gasteiger charge is 2.15. The molecule has 0 saturated heterocycles. The smallest absolute Gasteiger partial charge is 0.255 e. The number of nitrogens with zero attached hydrogens (tertiary/aromatic N) is 2. The van der Waals surface area contributed by atoms with Crippen LogP contribution in [-0.4, -0.2) is 21.8 Å². The van der Waals surface area contributed by atoms with Crippen molar-refractivity contribution < 1.29 is 9.59 Å². The summed E-state index contributed by atoms with van der Waals surface area (Å²) in [5.74, 6) is -0.710. The molecule has 2 N–H and O–H groups in total. The Morgan fingerprint density at radius 2 is 0.941 bits per heavy atom. The molecule has 4 aromatic carbocycles. The molecule has 0 unspecified atom stereocenters. The van der Waals surface area contributed by atoms with Gasteiger partial charge in [-0.3, -0.25) is 9.59 Å². The van der Waals surface area contributed by atoms with Gasteiger partial charge in [0.2, 0.25) is 0 Å². The number of aromatic nitrogens is 2. The Labute approximate surface area is 204 Å². The molecule has 0 saturated carbocycles. The van der Waals surface area contributed by atoms with E-state index >= 15 is 0 Å².